The number of methoxy groups -OCH3 is 1. The number of hydrogen-bond donors (Lipinski definition) is 1. The minimum atomic E-state index is -1.07. The van der Waals surface area contributed by atoms with Crippen molar-refractivity contribution in [2.75, 3.05) is 26.8 Å². The molecule has 7 nitrogen and oxygen atoms in total. The first-order valence-corrected chi connectivity index (χ1v) is 7.61. The van der Waals surface area contributed by atoms with Gasteiger partial charge in [0.2, 0.25) is 0 Å². The molecule has 0 bridgehead atoms. The zero-order chi connectivity index (χ0) is 16.8. The van der Waals surface area contributed by atoms with Crippen LogP contribution in [-0.2, 0) is 9.53 Å². The molecule has 0 aliphatic heterocycles. The Kier molecular flexibility index (Phi) is 5.89. The molecule has 0 saturated carbocycles. The number of carbonyl (C=O) groups excluding carboxylic acids is 1. The lowest BCUT2D eigenvalue weighted by Crippen LogP contribution is -2.37. The van der Waals surface area contributed by atoms with Crippen molar-refractivity contribution in [2.24, 2.45) is 0 Å². The minimum absolute atomic E-state index is 0.200. The molecule has 122 valence electrons. The fraction of sp³-hybridized carbons (Fsp3) is 0.267. The van der Waals surface area contributed by atoms with E-state index >= 15 is 0 Å². The molecule has 0 aliphatic carbocycles. The summed E-state index contributed by atoms with van der Waals surface area (Å²) < 4.78 is 7.42. The number of aromatic nitrogens is 2. The molecule has 0 aliphatic rings. The van der Waals surface area contributed by atoms with Gasteiger partial charge in [-0.05, 0) is 24.3 Å². The van der Waals surface area contributed by atoms with Gasteiger partial charge in [-0.1, -0.05) is 15.9 Å². The third kappa shape index (κ3) is 4.64. The summed E-state index contributed by atoms with van der Waals surface area (Å²) in [5, 5.41) is 13.1. The van der Waals surface area contributed by atoms with E-state index in [0.29, 0.717) is 5.56 Å². The van der Waals surface area contributed by atoms with Crippen molar-refractivity contribution in [1.29, 1.82) is 0 Å². The predicted octanol–water partition coefficient (Wildman–Crippen LogP) is 1.81. The van der Waals surface area contributed by atoms with Crippen LogP contribution in [0.4, 0.5) is 0 Å². The molecule has 0 atom stereocenters. The molecule has 1 aromatic heterocycles. The Hall–Kier alpha value is -2.19. The molecule has 2 aromatic rings. The highest BCUT2D eigenvalue weighted by molar-refractivity contribution is 9.10. The highest BCUT2D eigenvalue weighted by Crippen LogP contribution is 2.14. The van der Waals surface area contributed by atoms with Crippen LogP contribution in [0.25, 0.3) is 5.69 Å². The van der Waals surface area contributed by atoms with Crippen molar-refractivity contribution in [1.82, 2.24) is 14.7 Å². The van der Waals surface area contributed by atoms with Gasteiger partial charge in [-0.25, -0.2) is 4.68 Å². The van der Waals surface area contributed by atoms with Crippen molar-refractivity contribution in [2.45, 2.75) is 0 Å². The van der Waals surface area contributed by atoms with Crippen molar-refractivity contribution in [3.8, 4) is 5.69 Å². The Labute approximate surface area is 141 Å². The maximum Gasteiger partial charge on any atom is 0.323 e. The van der Waals surface area contributed by atoms with Gasteiger partial charge < -0.3 is 14.7 Å². The lowest BCUT2D eigenvalue weighted by Gasteiger charge is -2.19. The zero-order valence-electron chi connectivity index (χ0n) is 12.5. The van der Waals surface area contributed by atoms with Crippen molar-refractivity contribution < 1.29 is 19.4 Å². The molecular formula is C15H16BrN3O4. The number of aliphatic carboxylic acids is 1. The van der Waals surface area contributed by atoms with E-state index in [9.17, 15) is 9.59 Å². The van der Waals surface area contributed by atoms with Crippen LogP contribution in [0, 0.1) is 0 Å². The number of hydrogen-bond acceptors (Lipinski definition) is 4. The Morgan fingerprint density at radius 3 is 2.65 bits per heavy atom. The van der Waals surface area contributed by atoms with Gasteiger partial charge in [0.1, 0.15) is 6.54 Å². The molecule has 0 unspecified atom stereocenters. The quantitative estimate of drug-likeness (QED) is 0.790. The first-order valence-electron chi connectivity index (χ1n) is 6.82. The molecule has 23 heavy (non-hydrogen) atoms. The number of carboxylic acid groups (broad SMARTS) is 1. The molecular weight excluding hydrogens is 366 g/mol. The standard InChI is InChI=1S/C15H16BrN3O4/c1-23-7-6-18(10-14(20)21)15(22)11-8-17-19(9-11)13-4-2-12(16)3-5-13/h2-5,8-9H,6-7,10H2,1H3,(H,20,21). The van der Waals surface area contributed by atoms with Gasteiger partial charge in [0.25, 0.3) is 5.91 Å². The van der Waals surface area contributed by atoms with E-state index in [1.165, 1.54) is 18.2 Å². The monoisotopic (exact) mass is 381 g/mol. The minimum Gasteiger partial charge on any atom is -0.480 e. The fourth-order valence-corrected chi connectivity index (χ4v) is 2.23. The second kappa shape index (κ2) is 7.89. The van der Waals surface area contributed by atoms with Crippen molar-refractivity contribution in [3.05, 3.63) is 46.7 Å². The van der Waals surface area contributed by atoms with Gasteiger partial charge in [-0.3, -0.25) is 9.59 Å². The number of carbonyl (C=O) groups is 2. The van der Waals surface area contributed by atoms with Crippen molar-refractivity contribution >= 4 is 27.8 Å². The largest absolute Gasteiger partial charge is 0.480 e. The number of benzene rings is 1. The molecule has 1 amide bonds. The van der Waals surface area contributed by atoms with Crippen LogP contribution in [0.3, 0.4) is 0 Å². The maximum absolute atomic E-state index is 12.4. The Balaban J connectivity index is 2.17. The van der Waals surface area contributed by atoms with E-state index in [2.05, 4.69) is 21.0 Å². The van der Waals surface area contributed by atoms with Gasteiger partial charge in [-0.15, -0.1) is 0 Å². The van der Waals surface area contributed by atoms with E-state index in [1.54, 1.807) is 10.9 Å². The van der Waals surface area contributed by atoms with E-state index in [0.717, 1.165) is 10.2 Å². The predicted molar refractivity (Wildman–Crippen MR) is 86.7 cm³/mol. The van der Waals surface area contributed by atoms with Crippen LogP contribution in [0.2, 0.25) is 0 Å². The lowest BCUT2D eigenvalue weighted by molar-refractivity contribution is -0.137. The van der Waals surface area contributed by atoms with Gasteiger partial charge in [0.15, 0.2) is 0 Å². The Morgan fingerprint density at radius 1 is 1.35 bits per heavy atom. The summed E-state index contributed by atoms with van der Waals surface area (Å²) in [5.74, 6) is -1.47. The van der Waals surface area contributed by atoms with Gasteiger partial charge in [0, 0.05) is 24.3 Å². The molecule has 0 spiro atoms. The second-order valence-corrected chi connectivity index (χ2v) is 5.68. The number of amides is 1. The topological polar surface area (TPSA) is 84.7 Å². The number of rotatable bonds is 7. The molecule has 8 heteroatoms. The summed E-state index contributed by atoms with van der Waals surface area (Å²) in [6.07, 6.45) is 3.00. The SMILES string of the molecule is COCCN(CC(=O)O)C(=O)c1cnn(-c2ccc(Br)cc2)c1. The average molecular weight is 382 g/mol. The fourth-order valence-electron chi connectivity index (χ4n) is 1.97. The molecule has 1 aromatic carbocycles. The molecule has 1 heterocycles. The van der Waals surface area contributed by atoms with E-state index < -0.39 is 11.9 Å². The Morgan fingerprint density at radius 2 is 2.04 bits per heavy atom. The second-order valence-electron chi connectivity index (χ2n) is 4.76. The van der Waals surface area contributed by atoms with Crippen LogP contribution in [0.5, 0.6) is 0 Å². The van der Waals surface area contributed by atoms with E-state index in [1.807, 2.05) is 24.3 Å². The third-order valence-corrected chi connectivity index (χ3v) is 3.63. The van der Waals surface area contributed by atoms with Crippen LogP contribution < -0.4 is 0 Å². The van der Waals surface area contributed by atoms with E-state index in [-0.39, 0.29) is 19.7 Å². The Bertz CT molecular complexity index is 684. The number of carboxylic acids is 1. The molecule has 0 radical (unpaired) electrons. The van der Waals surface area contributed by atoms with Crippen molar-refractivity contribution in [3.63, 3.8) is 0 Å². The van der Waals surface area contributed by atoms with E-state index in [4.69, 9.17) is 9.84 Å². The highest BCUT2D eigenvalue weighted by Gasteiger charge is 2.20. The smallest absolute Gasteiger partial charge is 0.323 e. The third-order valence-electron chi connectivity index (χ3n) is 3.10. The summed E-state index contributed by atoms with van der Waals surface area (Å²) >= 11 is 3.35. The molecule has 0 fully saturated rings. The number of ether oxygens (including phenoxy) is 1. The maximum atomic E-state index is 12.4. The first-order chi connectivity index (χ1) is 11.0. The van der Waals surface area contributed by atoms with Gasteiger partial charge in [0.05, 0.1) is 24.1 Å². The number of nitrogens with zero attached hydrogens (tertiary/aromatic N) is 3. The normalized spacial score (nSPS) is 10.5. The van der Waals surface area contributed by atoms with Crippen LogP contribution >= 0.6 is 15.9 Å². The van der Waals surface area contributed by atoms with Gasteiger partial charge >= 0.3 is 5.97 Å². The van der Waals surface area contributed by atoms with Crippen LogP contribution in [0.1, 0.15) is 10.4 Å². The zero-order valence-corrected chi connectivity index (χ0v) is 14.1. The first kappa shape index (κ1) is 17.2. The van der Waals surface area contributed by atoms with Crippen LogP contribution in [0.15, 0.2) is 41.1 Å². The van der Waals surface area contributed by atoms with Gasteiger partial charge in [-0.2, -0.15) is 5.10 Å². The summed E-state index contributed by atoms with van der Waals surface area (Å²) in [5.41, 5.74) is 1.12. The highest BCUT2D eigenvalue weighted by atomic mass is 79.9. The summed E-state index contributed by atoms with van der Waals surface area (Å²) in [6, 6.07) is 7.44. The van der Waals surface area contributed by atoms with Crippen LogP contribution in [-0.4, -0.2) is 58.5 Å². The summed E-state index contributed by atoms with van der Waals surface area (Å²) in [7, 11) is 1.50. The molecule has 1 N–H and O–H groups in total. The summed E-state index contributed by atoms with van der Waals surface area (Å²) in [6.45, 7) is 0.0800. The lowest BCUT2D eigenvalue weighted by atomic mass is 10.3. The number of halogens is 1. The molecule has 2 rings (SSSR count). The summed E-state index contributed by atoms with van der Waals surface area (Å²) in [4.78, 5) is 24.6. The molecule has 0 saturated heterocycles. The average Bonchev–Trinajstić information content (AvgIpc) is 3.01.